The third kappa shape index (κ3) is 4.01. The lowest BCUT2D eigenvalue weighted by Crippen LogP contribution is -2.29. The van der Waals surface area contributed by atoms with Crippen molar-refractivity contribution >= 4 is 0 Å². The summed E-state index contributed by atoms with van der Waals surface area (Å²) < 4.78 is 0. The van der Waals surface area contributed by atoms with Crippen molar-refractivity contribution < 1.29 is 0 Å². The average molecular weight is 505 g/mol. The SMILES string of the molecule is c1cc(-c2cnc(C3CC4CCCCC4C3)[nH]2)ccc1-c1ccc(-c2cnc([C@H]3NC4CCC3C4)[nH]2)cn1. The second-order valence-corrected chi connectivity index (χ2v) is 12.3. The van der Waals surface area contributed by atoms with Crippen molar-refractivity contribution in [2.45, 2.75) is 75.8 Å². The van der Waals surface area contributed by atoms with Gasteiger partial charge in [-0.15, -0.1) is 0 Å². The van der Waals surface area contributed by atoms with E-state index < -0.39 is 0 Å². The van der Waals surface area contributed by atoms with E-state index in [2.05, 4.69) is 51.7 Å². The van der Waals surface area contributed by atoms with Crippen LogP contribution in [-0.2, 0) is 0 Å². The molecule has 38 heavy (non-hydrogen) atoms. The van der Waals surface area contributed by atoms with Crippen LogP contribution in [0.4, 0.5) is 0 Å². The van der Waals surface area contributed by atoms with Crippen molar-refractivity contribution in [3.8, 4) is 33.8 Å². The van der Waals surface area contributed by atoms with Gasteiger partial charge in [-0.05, 0) is 67.6 Å². The van der Waals surface area contributed by atoms with Gasteiger partial charge in [0.05, 0.1) is 35.5 Å². The zero-order valence-electron chi connectivity index (χ0n) is 21.9. The van der Waals surface area contributed by atoms with Crippen molar-refractivity contribution in [2.24, 2.45) is 17.8 Å². The van der Waals surface area contributed by atoms with Gasteiger partial charge in [-0.2, -0.15) is 0 Å². The summed E-state index contributed by atoms with van der Waals surface area (Å²) in [5.41, 5.74) is 6.51. The fourth-order valence-corrected chi connectivity index (χ4v) is 7.99. The molecule has 4 fully saturated rings. The monoisotopic (exact) mass is 504 g/mol. The van der Waals surface area contributed by atoms with Crippen molar-refractivity contribution in [3.05, 3.63) is 66.6 Å². The van der Waals surface area contributed by atoms with Gasteiger partial charge in [-0.25, -0.2) is 9.97 Å². The van der Waals surface area contributed by atoms with Crippen LogP contribution in [0.5, 0.6) is 0 Å². The van der Waals surface area contributed by atoms with Crippen molar-refractivity contribution in [2.75, 3.05) is 0 Å². The Morgan fingerprint density at radius 2 is 1.26 bits per heavy atom. The quantitative estimate of drug-likeness (QED) is 0.273. The number of nitrogens with zero attached hydrogens (tertiary/aromatic N) is 3. The zero-order chi connectivity index (χ0) is 25.1. The molecule has 0 spiro atoms. The van der Waals surface area contributed by atoms with Crippen LogP contribution >= 0.6 is 0 Å². The van der Waals surface area contributed by atoms with Gasteiger partial charge in [0.15, 0.2) is 0 Å². The highest BCUT2D eigenvalue weighted by Gasteiger charge is 2.41. The predicted octanol–water partition coefficient (Wildman–Crippen LogP) is 7.03. The van der Waals surface area contributed by atoms with Gasteiger partial charge in [-0.1, -0.05) is 49.9 Å². The van der Waals surface area contributed by atoms with E-state index in [4.69, 9.17) is 15.0 Å². The molecule has 3 aromatic heterocycles. The zero-order valence-corrected chi connectivity index (χ0v) is 21.9. The van der Waals surface area contributed by atoms with Crippen LogP contribution in [-0.4, -0.2) is 31.0 Å². The molecule has 194 valence electrons. The number of H-pyrrole nitrogens is 2. The maximum Gasteiger partial charge on any atom is 0.124 e. The standard InChI is InChI=1S/C32H36N6/c1-2-4-22-14-25(13-21(22)3-1)31-34-17-28(37-31)20-7-5-19(6-8-20)27-12-10-24(16-33-27)29-18-35-32(38-29)30-23-9-11-26(15-23)36-30/h5-8,10,12,16-18,21-23,25-26,30,36H,1-4,9,11,13-15H2,(H,34,37)(H,35,38)/t21?,22?,23?,25?,26?,30-/m0/s1. The Kier molecular flexibility index (Phi) is 5.49. The summed E-state index contributed by atoms with van der Waals surface area (Å²) in [7, 11) is 0. The van der Waals surface area contributed by atoms with Crippen LogP contribution in [0.1, 0.15) is 81.4 Å². The summed E-state index contributed by atoms with van der Waals surface area (Å²) in [4.78, 5) is 21.5. The van der Waals surface area contributed by atoms with E-state index in [0.717, 1.165) is 51.8 Å². The number of nitrogens with one attached hydrogen (secondary N) is 3. The molecule has 4 aromatic rings. The molecule has 3 aliphatic carbocycles. The molecule has 6 heteroatoms. The Morgan fingerprint density at radius 3 is 1.95 bits per heavy atom. The molecule has 2 bridgehead atoms. The minimum atomic E-state index is 0.376. The molecule has 1 saturated heterocycles. The number of aromatic amines is 2. The summed E-state index contributed by atoms with van der Waals surface area (Å²) in [6.07, 6.45) is 18.2. The topological polar surface area (TPSA) is 82.3 Å². The highest BCUT2D eigenvalue weighted by atomic mass is 15.1. The molecule has 0 radical (unpaired) electrons. The highest BCUT2D eigenvalue weighted by molar-refractivity contribution is 5.68. The number of benzene rings is 1. The van der Waals surface area contributed by atoms with Crippen LogP contribution in [0.2, 0.25) is 0 Å². The molecule has 3 saturated carbocycles. The molecule has 6 nitrogen and oxygen atoms in total. The molecule has 8 rings (SSSR count). The first-order valence-corrected chi connectivity index (χ1v) is 14.7. The summed E-state index contributed by atoms with van der Waals surface area (Å²) in [5.74, 6) is 5.44. The van der Waals surface area contributed by atoms with Crippen LogP contribution < -0.4 is 5.32 Å². The number of fused-ring (bicyclic) bond motifs is 3. The van der Waals surface area contributed by atoms with Crippen LogP contribution in [0.25, 0.3) is 33.8 Å². The third-order valence-electron chi connectivity index (χ3n) is 10.0. The summed E-state index contributed by atoms with van der Waals surface area (Å²) >= 11 is 0. The van der Waals surface area contributed by atoms with Gasteiger partial charge in [0.1, 0.15) is 11.6 Å². The van der Waals surface area contributed by atoms with Crippen molar-refractivity contribution in [1.29, 1.82) is 0 Å². The minimum Gasteiger partial charge on any atom is -0.342 e. The first-order valence-electron chi connectivity index (χ1n) is 14.7. The lowest BCUT2D eigenvalue weighted by molar-refractivity contribution is 0.277. The minimum absolute atomic E-state index is 0.376. The first kappa shape index (κ1) is 22.7. The average Bonchev–Trinajstić information content (AvgIpc) is 3.80. The van der Waals surface area contributed by atoms with Gasteiger partial charge in [0.25, 0.3) is 0 Å². The first-order chi connectivity index (χ1) is 18.8. The molecular weight excluding hydrogens is 468 g/mol. The highest BCUT2D eigenvalue weighted by Crippen LogP contribution is 2.48. The Hall–Kier alpha value is -3.25. The Labute approximate surface area is 224 Å². The number of hydrogen-bond acceptors (Lipinski definition) is 4. The number of imidazole rings is 2. The number of piperidine rings is 1. The van der Waals surface area contributed by atoms with E-state index >= 15 is 0 Å². The van der Waals surface area contributed by atoms with Gasteiger partial charge in [-0.3, -0.25) is 4.98 Å². The van der Waals surface area contributed by atoms with Gasteiger partial charge < -0.3 is 15.3 Å². The summed E-state index contributed by atoms with van der Waals surface area (Å²) in [5, 5.41) is 3.73. The largest absolute Gasteiger partial charge is 0.342 e. The second kappa shape index (κ2) is 9.19. The number of rotatable bonds is 5. The smallest absolute Gasteiger partial charge is 0.124 e. The van der Waals surface area contributed by atoms with Crippen LogP contribution in [0.15, 0.2) is 55.0 Å². The lowest BCUT2D eigenvalue weighted by Gasteiger charge is -2.24. The number of hydrogen-bond donors (Lipinski definition) is 3. The predicted molar refractivity (Wildman–Crippen MR) is 149 cm³/mol. The van der Waals surface area contributed by atoms with Crippen LogP contribution in [0, 0.1) is 17.8 Å². The second-order valence-electron chi connectivity index (χ2n) is 12.3. The molecule has 1 aliphatic heterocycles. The van der Waals surface area contributed by atoms with Crippen molar-refractivity contribution in [1.82, 2.24) is 30.2 Å². The summed E-state index contributed by atoms with van der Waals surface area (Å²) in [6.45, 7) is 0. The fourth-order valence-electron chi connectivity index (χ4n) is 7.99. The molecule has 1 aromatic carbocycles. The molecular formula is C32H36N6. The van der Waals surface area contributed by atoms with Crippen LogP contribution in [0.3, 0.4) is 0 Å². The summed E-state index contributed by atoms with van der Waals surface area (Å²) in [6, 6.07) is 14.0. The number of aromatic nitrogens is 5. The number of pyridine rings is 1. The Morgan fingerprint density at radius 1 is 0.579 bits per heavy atom. The molecule has 0 amide bonds. The molecule has 4 heterocycles. The van der Waals surface area contributed by atoms with E-state index in [9.17, 15) is 0 Å². The Balaban J connectivity index is 0.950. The van der Waals surface area contributed by atoms with E-state index in [-0.39, 0.29) is 0 Å². The molecule has 5 atom stereocenters. The van der Waals surface area contributed by atoms with E-state index in [0.29, 0.717) is 18.0 Å². The maximum atomic E-state index is 4.81. The van der Waals surface area contributed by atoms with Crippen molar-refractivity contribution in [3.63, 3.8) is 0 Å². The molecule has 4 unspecified atom stereocenters. The molecule has 3 N–H and O–H groups in total. The lowest BCUT2D eigenvalue weighted by atomic mass is 9.82. The van der Waals surface area contributed by atoms with E-state index in [1.165, 1.54) is 69.2 Å². The van der Waals surface area contributed by atoms with Gasteiger partial charge in [0, 0.05) is 29.3 Å². The maximum absolute atomic E-state index is 4.81. The third-order valence-corrected chi connectivity index (χ3v) is 10.0. The Bertz CT molecular complexity index is 1400. The fraction of sp³-hybridized carbons (Fsp3) is 0.469. The van der Waals surface area contributed by atoms with E-state index in [1.807, 2.05) is 18.6 Å². The normalized spacial score (nSPS) is 30.1. The van der Waals surface area contributed by atoms with Gasteiger partial charge in [0.2, 0.25) is 0 Å². The van der Waals surface area contributed by atoms with E-state index in [1.54, 1.807) is 0 Å². The van der Waals surface area contributed by atoms with Gasteiger partial charge >= 0.3 is 0 Å². The molecule has 4 aliphatic rings.